The first-order chi connectivity index (χ1) is 6.79. The average Bonchev–Trinajstić information content (AvgIpc) is 2.27. The van der Waals surface area contributed by atoms with E-state index in [1.165, 1.54) is 32.1 Å². The van der Waals surface area contributed by atoms with Gasteiger partial charge in [-0.2, -0.15) is 0 Å². The number of hydrogen-bond acceptors (Lipinski definition) is 3. The molecule has 0 aromatic rings. The molecule has 0 bridgehead atoms. The molecule has 0 aromatic carbocycles. The van der Waals surface area contributed by atoms with E-state index in [0.717, 1.165) is 16.4 Å². The molecule has 0 aliphatic heterocycles. The van der Waals surface area contributed by atoms with E-state index in [0.29, 0.717) is 5.54 Å². The molecule has 0 spiro atoms. The van der Waals surface area contributed by atoms with Gasteiger partial charge in [-0.15, -0.1) is 0 Å². The van der Waals surface area contributed by atoms with Gasteiger partial charge in [0.15, 0.2) is 0 Å². The lowest BCUT2D eigenvalue weighted by atomic mass is 10.0. The summed E-state index contributed by atoms with van der Waals surface area (Å²) in [6, 6.07) is 0. The highest BCUT2D eigenvalue weighted by atomic mass is 28.4. The van der Waals surface area contributed by atoms with Gasteiger partial charge in [-0.05, 0) is 19.0 Å². The summed E-state index contributed by atoms with van der Waals surface area (Å²) in [5, 5.41) is 0. The lowest BCUT2D eigenvalue weighted by Crippen LogP contribution is -2.59. The van der Waals surface area contributed by atoms with E-state index in [4.69, 9.17) is 8.85 Å². The van der Waals surface area contributed by atoms with Crippen LogP contribution < -0.4 is 4.98 Å². The van der Waals surface area contributed by atoms with Gasteiger partial charge in [0.2, 0.25) is 0 Å². The molecule has 84 valence electrons. The Hall–Kier alpha value is 0.314. The van der Waals surface area contributed by atoms with Gasteiger partial charge in [-0.25, -0.2) is 0 Å². The van der Waals surface area contributed by atoms with Gasteiger partial charge in [-0.3, -0.25) is 4.98 Å². The predicted octanol–water partition coefficient (Wildman–Crippen LogP) is 0.465. The zero-order chi connectivity index (χ0) is 10.4. The molecule has 0 atom stereocenters. The summed E-state index contributed by atoms with van der Waals surface area (Å²) in [5.74, 6) is 0. The fraction of sp³-hybridized carbons (Fsp3) is 1.00. The topological polar surface area (TPSA) is 30.5 Å². The van der Waals surface area contributed by atoms with Crippen LogP contribution in [0.15, 0.2) is 0 Å². The van der Waals surface area contributed by atoms with E-state index in [1.54, 1.807) is 14.2 Å². The van der Waals surface area contributed by atoms with Gasteiger partial charge in [0.25, 0.3) is 0 Å². The van der Waals surface area contributed by atoms with Crippen LogP contribution in [0.1, 0.15) is 32.1 Å². The molecule has 1 aliphatic rings. The van der Waals surface area contributed by atoms with Crippen molar-refractivity contribution in [2.24, 2.45) is 0 Å². The van der Waals surface area contributed by atoms with Crippen LogP contribution >= 0.6 is 0 Å². The van der Waals surface area contributed by atoms with E-state index in [9.17, 15) is 0 Å². The Morgan fingerprint density at radius 3 is 2.21 bits per heavy atom. The molecule has 1 aliphatic carbocycles. The van der Waals surface area contributed by atoms with Crippen molar-refractivity contribution in [3.8, 4) is 0 Å². The minimum atomic E-state index is -2.06. The molecular formula is C9H23NO2Si2. The van der Waals surface area contributed by atoms with Crippen LogP contribution in [0.4, 0.5) is 0 Å². The van der Waals surface area contributed by atoms with Gasteiger partial charge < -0.3 is 8.85 Å². The Balaban J connectivity index is 2.62. The summed E-state index contributed by atoms with van der Waals surface area (Å²) < 4.78 is 11.4. The first kappa shape index (κ1) is 12.4. The quantitative estimate of drug-likeness (QED) is 0.700. The highest BCUT2D eigenvalue weighted by molar-refractivity contribution is 6.66. The molecule has 0 radical (unpaired) electrons. The van der Waals surface area contributed by atoms with Crippen LogP contribution in [0, 0.1) is 0 Å². The van der Waals surface area contributed by atoms with E-state index in [2.05, 4.69) is 4.98 Å². The van der Waals surface area contributed by atoms with Crippen molar-refractivity contribution in [3.05, 3.63) is 0 Å². The van der Waals surface area contributed by atoms with Crippen molar-refractivity contribution in [2.75, 3.05) is 20.4 Å². The van der Waals surface area contributed by atoms with Crippen molar-refractivity contribution in [3.63, 3.8) is 0 Å². The highest BCUT2D eigenvalue weighted by Gasteiger charge is 2.44. The average molecular weight is 233 g/mol. The summed E-state index contributed by atoms with van der Waals surface area (Å²) in [6.07, 6.45) is 7.70. The Bertz CT molecular complexity index is 159. The molecule has 1 fully saturated rings. The normalized spacial score (nSPS) is 20.1. The monoisotopic (exact) mass is 233 g/mol. The smallest absolute Gasteiger partial charge is 0.386 e. The van der Waals surface area contributed by atoms with Gasteiger partial charge in [0, 0.05) is 30.0 Å². The van der Waals surface area contributed by atoms with Crippen LogP contribution in [0.5, 0.6) is 0 Å². The largest absolute Gasteiger partial charge is 0.427 e. The second kappa shape index (κ2) is 6.02. The zero-order valence-electron chi connectivity index (χ0n) is 9.64. The first-order valence-corrected chi connectivity index (χ1v) is 8.95. The Labute approximate surface area is 91.3 Å². The zero-order valence-corrected chi connectivity index (χ0v) is 12.6. The number of rotatable bonds is 5. The van der Waals surface area contributed by atoms with E-state index in [-0.39, 0.29) is 0 Å². The lowest BCUT2D eigenvalue weighted by Gasteiger charge is -2.36. The van der Waals surface area contributed by atoms with Gasteiger partial charge in [0.1, 0.15) is 0 Å². The molecule has 14 heavy (non-hydrogen) atoms. The molecular weight excluding hydrogens is 210 g/mol. The van der Waals surface area contributed by atoms with Gasteiger partial charge in [-0.1, -0.05) is 19.3 Å². The summed E-state index contributed by atoms with van der Waals surface area (Å²) in [6.45, 7) is 0. The van der Waals surface area contributed by atoms with Crippen molar-refractivity contribution >= 4 is 19.0 Å². The minimum Gasteiger partial charge on any atom is -0.386 e. The third-order valence-electron chi connectivity index (χ3n) is 3.17. The third-order valence-corrected chi connectivity index (χ3v) is 7.94. The number of hydrogen-bond donors (Lipinski definition) is 1. The van der Waals surface area contributed by atoms with Crippen molar-refractivity contribution in [1.82, 2.24) is 4.98 Å². The first-order valence-electron chi connectivity index (χ1n) is 5.64. The van der Waals surface area contributed by atoms with Crippen LogP contribution in [0.25, 0.3) is 0 Å². The summed E-state index contributed by atoms with van der Waals surface area (Å²) in [5.41, 5.74) is 0.653. The Morgan fingerprint density at radius 1 is 1.21 bits per heavy atom. The summed E-state index contributed by atoms with van der Waals surface area (Å²) in [4.78, 5) is 3.52. The molecule has 3 nitrogen and oxygen atoms in total. The molecule has 1 N–H and O–H groups in total. The summed E-state index contributed by atoms with van der Waals surface area (Å²) in [7, 11) is 2.71. The summed E-state index contributed by atoms with van der Waals surface area (Å²) >= 11 is 0. The fourth-order valence-corrected chi connectivity index (χ4v) is 6.98. The Morgan fingerprint density at radius 2 is 1.79 bits per heavy atom. The SMILES string of the molecule is CO[Si](NC[SiH3])(OC)C1CCCCC1. The molecule has 0 unspecified atom stereocenters. The fourth-order valence-electron chi connectivity index (χ4n) is 2.43. The van der Waals surface area contributed by atoms with Crippen molar-refractivity contribution in [1.29, 1.82) is 0 Å². The number of nitrogens with one attached hydrogen (secondary N) is 1. The molecule has 0 heterocycles. The maximum absolute atomic E-state index is 5.69. The molecule has 1 saturated carbocycles. The lowest BCUT2D eigenvalue weighted by molar-refractivity contribution is 0.205. The maximum atomic E-state index is 5.69. The van der Waals surface area contributed by atoms with E-state index in [1.807, 2.05) is 0 Å². The van der Waals surface area contributed by atoms with Crippen molar-refractivity contribution < 1.29 is 8.85 Å². The second-order valence-electron chi connectivity index (χ2n) is 3.94. The highest BCUT2D eigenvalue weighted by Crippen LogP contribution is 2.35. The molecule has 0 amide bonds. The van der Waals surface area contributed by atoms with E-state index >= 15 is 0 Å². The van der Waals surface area contributed by atoms with Crippen LogP contribution in [-0.4, -0.2) is 39.4 Å². The third kappa shape index (κ3) is 2.67. The van der Waals surface area contributed by atoms with Gasteiger partial charge >= 0.3 is 8.72 Å². The molecule has 1 rings (SSSR count). The molecule has 5 heteroatoms. The minimum absolute atomic E-state index is 0.653. The van der Waals surface area contributed by atoms with Crippen LogP contribution in [0.3, 0.4) is 0 Å². The van der Waals surface area contributed by atoms with E-state index < -0.39 is 8.72 Å². The van der Waals surface area contributed by atoms with Crippen LogP contribution in [0.2, 0.25) is 5.54 Å². The predicted molar refractivity (Wildman–Crippen MR) is 64.5 cm³/mol. The molecule has 0 aromatic heterocycles. The maximum Gasteiger partial charge on any atom is 0.427 e. The van der Waals surface area contributed by atoms with Gasteiger partial charge in [0.05, 0.1) is 0 Å². The second-order valence-corrected chi connectivity index (χ2v) is 7.97. The van der Waals surface area contributed by atoms with Crippen molar-refractivity contribution in [2.45, 2.75) is 37.6 Å². The standard InChI is InChI=1S/C9H23NO2Si2/c1-11-14(12-2,10-8-13)9-6-4-3-5-7-9/h9-10H,3-8H2,1-2,13H3. The Kier molecular flexibility index (Phi) is 5.32. The molecule has 0 saturated heterocycles. The van der Waals surface area contributed by atoms with Crippen LogP contribution in [-0.2, 0) is 8.85 Å².